The fraction of sp³-hybridized carbons (Fsp3) is 0.240. The molecule has 0 fully saturated rings. The number of hydrazine groups is 1. The topological polar surface area (TPSA) is 83.3 Å². The van der Waals surface area contributed by atoms with Gasteiger partial charge in [-0.25, -0.2) is 14.6 Å². The summed E-state index contributed by atoms with van der Waals surface area (Å²) in [7, 11) is 1.13. The predicted molar refractivity (Wildman–Crippen MR) is 123 cm³/mol. The van der Waals surface area contributed by atoms with Crippen molar-refractivity contribution in [3.05, 3.63) is 89.0 Å². The number of hydrogen-bond acceptors (Lipinski definition) is 3. The maximum Gasteiger partial charge on any atom is 0.422 e. The average molecular weight is 505 g/mol. The Balaban J connectivity index is 1.65. The Bertz CT molecular complexity index is 1260. The number of nitrogens with one attached hydrogen (secondary N) is 3. The van der Waals surface area contributed by atoms with E-state index in [4.69, 9.17) is 4.84 Å². The summed E-state index contributed by atoms with van der Waals surface area (Å²) in [6, 6.07) is 11.3. The summed E-state index contributed by atoms with van der Waals surface area (Å²) in [6.07, 6.45) is -2.25. The number of aryl methyl sites for hydroxylation is 1. The van der Waals surface area contributed by atoms with Crippen LogP contribution in [0.15, 0.2) is 60.9 Å². The highest BCUT2D eigenvalue weighted by Crippen LogP contribution is 2.29. The van der Waals surface area contributed by atoms with Crippen molar-refractivity contribution >= 4 is 11.9 Å². The quantitative estimate of drug-likeness (QED) is 0.268. The van der Waals surface area contributed by atoms with Crippen LogP contribution in [-0.2, 0) is 12.6 Å². The largest absolute Gasteiger partial charge is 0.422 e. The summed E-state index contributed by atoms with van der Waals surface area (Å²) in [6.45, 7) is 3.56. The lowest BCUT2D eigenvalue weighted by Crippen LogP contribution is -2.48. The molecule has 0 aliphatic rings. The van der Waals surface area contributed by atoms with Crippen molar-refractivity contribution in [2.24, 2.45) is 0 Å². The van der Waals surface area contributed by atoms with E-state index in [1.807, 2.05) is 42.0 Å². The van der Waals surface area contributed by atoms with Crippen LogP contribution in [0.4, 0.5) is 22.4 Å². The molecule has 1 aromatic heterocycles. The number of alkyl halides is 3. The first-order valence-electron chi connectivity index (χ1n) is 11.0. The molecule has 36 heavy (non-hydrogen) atoms. The van der Waals surface area contributed by atoms with Crippen LogP contribution < -0.4 is 25.7 Å². The number of amides is 3. The van der Waals surface area contributed by atoms with Crippen molar-refractivity contribution in [3.8, 4) is 11.1 Å². The Morgan fingerprint density at radius 3 is 2.42 bits per heavy atom. The van der Waals surface area contributed by atoms with E-state index in [0.717, 1.165) is 30.9 Å². The Kier molecular flexibility index (Phi) is 8.13. The van der Waals surface area contributed by atoms with E-state index in [1.54, 1.807) is 19.1 Å². The van der Waals surface area contributed by atoms with Crippen LogP contribution in [-0.4, -0.2) is 19.0 Å². The first-order valence-corrected chi connectivity index (χ1v) is 11.0. The molecular formula is C25H25F4N4O3+. The van der Waals surface area contributed by atoms with Gasteiger partial charge >= 0.3 is 12.2 Å². The number of carbonyl (C=O) groups is 2. The number of urea groups is 1. The molecule has 0 radical (unpaired) electrons. The van der Waals surface area contributed by atoms with Crippen molar-refractivity contribution in [2.75, 3.05) is 7.11 Å². The van der Waals surface area contributed by atoms with E-state index in [-0.39, 0.29) is 5.56 Å². The smallest absolute Gasteiger partial charge is 0.330 e. The van der Waals surface area contributed by atoms with Crippen LogP contribution in [0.2, 0.25) is 0 Å². The number of carbonyl (C=O) groups excluding carboxylic acids is 2. The van der Waals surface area contributed by atoms with Gasteiger partial charge in [-0.3, -0.25) is 15.1 Å². The molecule has 11 heteroatoms. The Hall–Kier alpha value is -4.15. The normalized spacial score (nSPS) is 12.0. The van der Waals surface area contributed by atoms with Crippen LogP contribution in [0.5, 0.6) is 0 Å². The van der Waals surface area contributed by atoms with Gasteiger partial charge in [0, 0.05) is 10.3 Å². The molecule has 3 aromatic rings. The zero-order valence-corrected chi connectivity index (χ0v) is 19.7. The van der Waals surface area contributed by atoms with Gasteiger partial charge in [-0.1, -0.05) is 43.3 Å². The van der Waals surface area contributed by atoms with E-state index >= 15 is 0 Å². The highest BCUT2D eigenvalue weighted by molar-refractivity contribution is 5.94. The van der Waals surface area contributed by atoms with Gasteiger partial charge in [0.1, 0.15) is 24.1 Å². The van der Waals surface area contributed by atoms with Gasteiger partial charge in [0.05, 0.1) is 6.04 Å². The first kappa shape index (κ1) is 26.5. The van der Waals surface area contributed by atoms with E-state index in [9.17, 15) is 27.2 Å². The fourth-order valence-corrected chi connectivity index (χ4v) is 3.59. The van der Waals surface area contributed by atoms with Gasteiger partial charge < -0.3 is 5.32 Å². The number of halogens is 4. The average Bonchev–Trinajstić information content (AvgIpc) is 2.86. The second-order valence-electron chi connectivity index (χ2n) is 7.87. The Morgan fingerprint density at radius 2 is 1.78 bits per heavy atom. The summed E-state index contributed by atoms with van der Waals surface area (Å²) in [4.78, 5) is 29.2. The van der Waals surface area contributed by atoms with E-state index in [0.29, 0.717) is 22.6 Å². The molecule has 3 N–H and O–H groups in total. The fourth-order valence-electron chi connectivity index (χ4n) is 3.59. The molecule has 2 aromatic carbocycles. The monoisotopic (exact) mass is 505 g/mol. The van der Waals surface area contributed by atoms with Crippen LogP contribution in [0, 0.1) is 5.82 Å². The second kappa shape index (κ2) is 11.1. The van der Waals surface area contributed by atoms with E-state index < -0.39 is 41.1 Å². The summed E-state index contributed by atoms with van der Waals surface area (Å²) in [5.74, 6) is -1.54. The van der Waals surface area contributed by atoms with Crippen LogP contribution in [0.3, 0.4) is 0 Å². The summed E-state index contributed by atoms with van der Waals surface area (Å²) in [5, 5.41) is 2.47. The molecule has 3 amide bonds. The third-order valence-corrected chi connectivity index (χ3v) is 5.46. The predicted octanol–water partition coefficient (Wildman–Crippen LogP) is 4.13. The Labute approximate surface area is 205 Å². The van der Waals surface area contributed by atoms with Crippen LogP contribution in [0.25, 0.3) is 11.1 Å². The number of benzene rings is 2. The zero-order chi connectivity index (χ0) is 26.5. The minimum Gasteiger partial charge on any atom is -0.330 e. The van der Waals surface area contributed by atoms with Gasteiger partial charge in [0.2, 0.25) is 12.4 Å². The van der Waals surface area contributed by atoms with Gasteiger partial charge in [-0.05, 0) is 42.2 Å². The molecule has 0 saturated carbocycles. The third-order valence-electron chi connectivity index (χ3n) is 5.46. The molecule has 1 unspecified atom stereocenters. The molecule has 1 atom stereocenters. The molecule has 0 aliphatic carbocycles. The highest BCUT2D eigenvalue weighted by Gasteiger charge is 2.35. The molecule has 0 aliphatic heterocycles. The lowest BCUT2D eigenvalue weighted by atomic mass is 9.96. The number of rotatable bonds is 6. The SMILES string of the molecule is CCc1ccccc1-c1ccc(C(C)NC(=O)NNC(=O)c2cc(C(F)(F)F)c[n+](OC)c2)c(F)c1. The highest BCUT2D eigenvalue weighted by atomic mass is 19.4. The molecule has 0 saturated heterocycles. The molecule has 3 rings (SSSR count). The standard InChI is InChI=1S/C25H24F4N4O3/c1-4-16-7-5-6-8-21(16)17-9-10-20(22(26)12-17)15(2)30-24(35)32-31-23(34)18-11-19(25(27,28)29)14-33(13-18)36-3/h5-15H,4H2,1-3H3,(H2-,30,31,32,34,35)/p+1. The minimum absolute atomic E-state index is 0.216. The van der Waals surface area contributed by atoms with E-state index in [2.05, 4.69) is 5.32 Å². The van der Waals surface area contributed by atoms with E-state index in [1.165, 1.54) is 6.07 Å². The lowest BCUT2D eigenvalue weighted by molar-refractivity contribution is -0.886. The number of aromatic nitrogens is 1. The van der Waals surface area contributed by atoms with Crippen molar-refractivity contribution in [1.29, 1.82) is 0 Å². The minimum atomic E-state index is -4.71. The number of nitrogens with zero attached hydrogens (tertiary/aromatic N) is 1. The molecule has 0 bridgehead atoms. The summed E-state index contributed by atoms with van der Waals surface area (Å²) >= 11 is 0. The van der Waals surface area contributed by atoms with Crippen molar-refractivity contribution < 1.29 is 36.7 Å². The molecule has 1 heterocycles. The molecule has 0 spiro atoms. The maximum atomic E-state index is 14.9. The van der Waals surface area contributed by atoms with Crippen LogP contribution in [0.1, 0.15) is 46.9 Å². The summed E-state index contributed by atoms with van der Waals surface area (Å²) in [5.41, 5.74) is 5.44. The van der Waals surface area contributed by atoms with Gasteiger partial charge in [0.25, 0.3) is 5.91 Å². The van der Waals surface area contributed by atoms with Gasteiger partial charge in [0.15, 0.2) is 0 Å². The maximum absolute atomic E-state index is 14.9. The number of hydrogen-bond donors (Lipinski definition) is 3. The lowest BCUT2D eigenvalue weighted by Gasteiger charge is -2.17. The second-order valence-corrected chi connectivity index (χ2v) is 7.87. The van der Waals surface area contributed by atoms with Crippen molar-refractivity contribution in [2.45, 2.75) is 32.5 Å². The summed E-state index contributed by atoms with van der Waals surface area (Å²) < 4.78 is 54.7. The molecule has 190 valence electrons. The molecule has 7 nitrogen and oxygen atoms in total. The molecular weight excluding hydrogens is 480 g/mol. The van der Waals surface area contributed by atoms with Gasteiger partial charge in [-0.15, -0.1) is 0 Å². The third kappa shape index (κ3) is 6.29. The van der Waals surface area contributed by atoms with Crippen molar-refractivity contribution in [3.63, 3.8) is 0 Å². The number of pyridine rings is 1. The Morgan fingerprint density at radius 1 is 1.06 bits per heavy atom. The van der Waals surface area contributed by atoms with Crippen LogP contribution >= 0.6 is 0 Å². The first-order chi connectivity index (χ1) is 17.0. The van der Waals surface area contributed by atoms with Crippen molar-refractivity contribution in [1.82, 2.24) is 16.2 Å². The zero-order valence-electron chi connectivity index (χ0n) is 19.7. The van der Waals surface area contributed by atoms with Gasteiger partial charge in [-0.2, -0.15) is 13.2 Å².